The average molecular weight is 410 g/mol. The zero-order valence-electron chi connectivity index (χ0n) is 15.7. The lowest BCUT2D eigenvalue weighted by Gasteiger charge is -2.42. The summed E-state index contributed by atoms with van der Waals surface area (Å²) in [5, 5.41) is 69.3. The van der Waals surface area contributed by atoms with Crippen LogP contribution in [0.5, 0.6) is 0 Å². The van der Waals surface area contributed by atoms with E-state index in [1.807, 2.05) is 0 Å². The van der Waals surface area contributed by atoms with Crippen molar-refractivity contribution in [1.29, 1.82) is 0 Å². The molecule has 2 rings (SSSR count). The van der Waals surface area contributed by atoms with Gasteiger partial charge in [0.1, 0.15) is 42.7 Å². The number of ether oxygens (including phenoxy) is 4. The Kier molecular flexibility index (Phi) is 8.31. The zero-order valence-corrected chi connectivity index (χ0v) is 15.7. The van der Waals surface area contributed by atoms with Crippen molar-refractivity contribution in [3.8, 4) is 0 Å². The van der Waals surface area contributed by atoms with Crippen molar-refractivity contribution in [2.24, 2.45) is 0 Å². The fourth-order valence-corrected chi connectivity index (χ4v) is 2.86. The molecule has 0 saturated carbocycles. The molecule has 11 nitrogen and oxygen atoms in total. The standard InChI is InChI=1S/C17H30O11/c1-6(2)8(18)4-25-17-15(24)13(22)11(20)9(28-17)5-26-16-14(23)12(21)10(19)7(3)27-16/h7-24H,1,4-5H2,2-3H3/t7-,8?,9+,10-,11+,12+,13-,14+,15+,16+,17+/m0/s1. The van der Waals surface area contributed by atoms with Crippen LogP contribution < -0.4 is 0 Å². The molecule has 0 radical (unpaired) electrons. The van der Waals surface area contributed by atoms with Crippen LogP contribution in [-0.2, 0) is 18.9 Å². The fourth-order valence-electron chi connectivity index (χ4n) is 2.86. The molecule has 0 aromatic rings. The Bertz CT molecular complexity index is 517. The average Bonchev–Trinajstić information content (AvgIpc) is 2.66. The second kappa shape index (κ2) is 9.87. The lowest BCUT2D eigenvalue weighted by molar-refractivity contribution is -0.329. The van der Waals surface area contributed by atoms with Crippen molar-refractivity contribution in [3.63, 3.8) is 0 Å². The van der Waals surface area contributed by atoms with E-state index in [-0.39, 0.29) is 13.2 Å². The lowest BCUT2D eigenvalue weighted by Crippen LogP contribution is -2.61. The number of rotatable bonds is 7. The van der Waals surface area contributed by atoms with E-state index in [0.717, 1.165) is 0 Å². The van der Waals surface area contributed by atoms with Crippen LogP contribution in [0.4, 0.5) is 0 Å². The first-order valence-electron chi connectivity index (χ1n) is 9.00. The Hall–Kier alpha value is -0.700. The van der Waals surface area contributed by atoms with Gasteiger partial charge in [0, 0.05) is 0 Å². The number of hydrogen-bond acceptors (Lipinski definition) is 11. The highest BCUT2D eigenvalue weighted by Gasteiger charge is 2.46. The molecule has 28 heavy (non-hydrogen) atoms. The summed E-state index contributed by atoms with van der Waals surface area (Å²) < 4.78 is 21.3. The van der Waals surface area contributed by atoms with Gasteiger partial charge in [0.2, 0.25) is 0 Å². The van der Waals surface area contributed by atoms with Crippen LogP contribution in [0.15, 0.2) is 12.2 Å². The van der Waals surface area contributed by atoms with Crippen LogP contribution in [0.3, 0.4) is 0 Å². The highest BCUT2D eigenvalue weighted by Crippen LogP contribution is 2.26. The van der Waals surface area contributed by atoms with Crippen LogP contribution in [0.1, 0.15) is 13.8 Å². The van der Waals surface area contributed by atoms with Gasteiger partial charge in [-0.05, 0) is 19.4 Å². The van der Waals surface area contributed by atoms with Gasteiger partial charge in [-0.1, -0.05) is 6.58 Å². The van der Waals surface area contributed by atoms with Gasteiger partial charge in [0.15, 0.2) is 12.6 Å². The summed E-state index contributed by atoms with van der Waals surface area (Å²) in [6.45, 7) is 6.00. The number of aliphatic hydroxyl groups is 7. The van der Waals surface area contributed by atoms with Crippen LogP contribution in [0.2, 0.25) is 0 Å². The molecule has 0 bridgehead atoms. The summed E-state index contributed by atoms with van der Waals surface area (Å²) in [6.07, 6.45) is -14.7. The molecule has 164 valence electrons. The molecule has 2 heterocycles. The Labute approximate surface area is 162 Å². The number of aliphatic hydroxyl groups excluding tert-OH is 7. The molecule has 2 aliphatic rings. The highest BCUT2D eigenvalue weighted by molar-refractivity contribution is 4.97. The third-order valence-electron chi connectivity index (χ3n) is 4.89. The molecule has 0 spiro atoms. The molecule has 0 amide bonds. The molecule has 11 heteroatoms. The molecule has 2 fully saturated rings. The largest absolute Gasteiger partial charge is 0.388 e. The van der Waals surface area contributed by atoms with E-state index in [0.29, 0.717) is 5.57 Å². The summed E-state index contributed by atoms with van der Waals surface area (Å²) in [6, 6.07) is 0. The van der Waals surface area contributed by atoms with E-state index in [2.05, 4.69) is 6.58 Å². The van der Waals surface area contributed by atoms with Gasteiger partial charge in [-0.3, -0.25) is 0 Å². The second-order valence-corrected chi connectivity index (χ2v) is 7.22. The van der Waals surface area contributed by atoms with Crippen LogP contribution in [-0.4, -0.2) is 116 Å². The van der Waals surface area contributed by atoms with Gasteiger partial charge in [-0.15, -0.1) is 0 Å². The van der Waals surface area contributed by atoms with Crippen molar-refractivity contribution in [3.05, 3.63) is 12.2 Å². The maximum Gasteiger partial charge on any atom is 0.186 e. The Morgan fingerprint density at radius 1 is 0.857 bits per heavy atom. The minimum absolute atomic E-state index is 0.250. The molecule has 0 aliphatic carbocycles. The third kappa shape index (κ3) is 5.26. The van der Waals surface area contributed by atoms with E-state index in [4.69, 9.17) is 18.9 Å². The monoisotopic (exact) mass is 410 g/mol. The van der Waals surface area contributed by atoms with Crippen molar-refractivity contribution in [2.75, 3.05) is 13.2 Å². The maximum absolute atomic E-state index is 10.1. The molecule has 2 aliphatic heterocycles. The molecule has 0 aromatic heterocycles. The number of hydrogen-bond donors (Lipinski definition) is 7. The normalized spacial score (nSPS) is 45.6. The van der Waals surface area contributed by atoms with E-state index < -0.39 is 67.5 Å². The molecule has 2 saturated heterocycles. The zero-order chi connectivity index (χ0) is 21.2. The predicted molar refractivity (Wildman–Crippen MR) is 91.8 cm³/mol. The minimum Gasteiger partial charge on any atom is -0.388 e. The van der Waals surface area contributed by atoms with E-state index in [9.17, 15) is 35.7 Å². The predicted octanol–water partition coefficient (Wildman–Crippen LogP) is -3.41. The summed E-state index contributed by atoms with van der Waals surface area (Å²) in [5.74, 6) is 0. The SMILES string of the molecule is C=C(C)C(O)CO[C@@H]1O[C@H](CO[C@@H]2O[C@@H](C)[C@H](O)[C@@H](O)[C@H]2O)[C@@H](O)[C@H](O)[C@H]1O. The minimum atomic E-state index is -1.61. The second-order valence-electron chi connectivity index (χ2n) is 7.22. The Morgan fingerprint density at radius 2 is 1.39 bits per heavy atom. The molecule has 7 N–H and O–H groups in total. The first kappa shape index (κ1) is 23.6. The van der Waals surface area contributed by atoms with Crippen LogP contribution in [0.25, 0.3) is 0 Å². The van der Waals surface area contributed by atoms with Gasteiger partial charge < -0.3 is 54.7 Å². The maximum atomic E-state index is 10.1. The molecular formula is C17H30O11. The highest BCUT2D eigenvalue weighted by atomic mass is 16.7. The first-order chi connectivity index (χ1) is 13.0. The van der Waals surface area contributed by atoms with Gasteiger partial charge in [-0.2, -0.15) is 0 Å². The van der Waals surface area contributed by atoms with E-state index >= 15 is 0 Å². The quantitative estimate of drug-likeness (QED) is 0.208. The van der Waals surface area contributed by atoms with Crippen molar-refractivity contribution < 1.29 is 54.7 Å². The van der Waals surface area contributed by atoms with E-state index in [1.54, 1.807) is 6.92 Å². The molecular weight excluding hydrogens is 380 g/mol. The Balaban J connectivity index is 1.95. The van der Waals surface area contributed by atoms with Gasteiger partial charge in [0.05, 0.1) is 25.4 Å². The Morgan fingerprint density at radius 3 is 1.96 bits per heavy atom. The van der Waals surface area contributed by atoms with Crippen molar-refractivity contribution in [1.82, 2.24) is 0 Å². The van der Waals surface area contributed by atoms with Crippen LogP contribution >= 0.6 is 0 Å². The van der Waals surface area contributed by atoms with Gasteiger partial charge >= 0.3 is 0 Å². The molecule has 11 atom stereocenters. The van der Waals surface area contributed by atoms with Gasteiger partial charge in [0.25, 0.3) is 0 Å². The van der Waals surface area contributed by atoms with Crippen LogP contribution in [0, 0.1) is 0 Å². The summed E-state index contributed by atoms with van der Waals surface area (Å²) in [5.41, 5.74) is 0.434. The van der Waals surface area contributed by atoms with E-state index in [1.165, 1.54) is 6.92 Å². The molecule has 0 aromatic carbocycles. The van der Waals surface area contributed by atoms with Gasteiger partial charge in [-0.25, -0.2) is 0 Å². The summed E-state index contributed by atoms with van der Waals surface area (Å²) in [7, 11) is 0. The smallest absolute Gasteiger partial charge is 0.186 e. The lowest BCUT2D eigenvalue weighted by atomic mass is 9.98. The fraction of sp³-hybridized carbons (Fsp3) is 0.882. The third-order valence-corrected chi connectivity index (χ3v) is 4.89. The summed E-state index contributed by atoms with van der Waals surface area (Å²) >= 11 is 0. The molecule has 1 unspecified atom stereocenters. The van der Waals surface area contributed by atoms with Crippen molar-refractivity contribution in [2.45, 2.75) is 81.4 Å². The first-order valence-corrected chi connectivity index (χ1v) is 9.00. The van der Waals surface area contributed by atoms with Crippen molar-refractivity contribution >= 4 is 0 Å². The summed E-state index contributed by atoms with van der Waals surface area (Å²) in [4.78, 5) is 0. The topological polar surface area (TPSA) is 179 Å².